The van der Waals surface area contributed by atoms with Gasteiger partial charge in [-0.05, 0) is 11.6 Å². The van der Waals surface area contributed by atoms with Crippen LogP contribution in [0.25, 0.3) is 0 Å². The number of nitrogens with zero attached hydrogens (tertiary/aromatic N) is 2. The third kappa shape index (κ3) is 1.82. The van der Waals surface area contributed by atoms with E-state index in [4.69, 9.17) is 10.7 Å². The molecule has 1 aliphatic rings. The molecule has 1 unspecified atom stereocenters. The van der Waals surface area contributed by atoms with Crippen LogP contribution >= 0.6 is 10.7 Å². The maximum absolute atomic E-state index is 11.1. The number of halogens is 1. The van der Waals surface area contributed by atoms with E-state index in [9.17, 15) is 13.2 Å². The summed E-state index contributed by atoms with van der Waals surface area (Å²) in [5, 5.41) is 0. The van der Waals surface area contributed by atoms with Crippen LogP contribution in [0.2, 0.25) is 0 Å². The Morgan fingerprint density at radius 1 is 1.53 bits per heavy atom. The predicted molar refractivity (Wildman–Crippen MR) is 53.2 cm³/mol. The maximum atomic E-state index is 11.1. The molecule has 80 valence electrons. The van der Waals surface area contributed by atoms with E-state index in [1.165, 1.54) is 6.20 Å². The van der Waals surface area contributed by atoms with Crippen LogP contribution in [-0.4, -0.2) is 23.6 Å². The van der Waals surface area contributed by atoms with Crippen molar-refractivity contribution in [1.29, 1.82) is 0 Å². The highest BCUT2D eigenvalue weighted by Crippen LogP contribution is 2.37. The zero-order valence-electron chi connectivity index (χ0n) is 7.50. The van der Waals surface area contributed by atoms with Gasteiger partial charge in [-0.15, -0.1) is 0 Å². The SMILES string of the molecule is O=C1CC(c2cccnc2)N1S(=O)(=O)Cl. The van der Waals surface area contributed by atoms with Gasteiger partial charge in [0.25, 0.3) is 0 Å². The molecule has 0 saturated carbocycles. The van der Waals surface area contributed by atoms with Gasteiger partial charge in [-0.1, -0.05) is 6.07 Å². The van der Waals surface area contributed by atoms with E-state index >= 15 is 0 Å². The second kappa shape index (κ2) is 3.46. The van der Waals surface area contributed by atoms with Gasteiger partial charge in [0.05, 0.1) is 12.5 Å². The molecule has 2 heterocycles. The van der Waals surface area contributed by atoms with Gasteiger partial charge in [0.2, 0.25) is 5.91 Å². The smallest absolute Gasteiger partial charge is 0.274 e. The molecule has 0 spiro atoms. The minimum absolute atomic E-state index is 0.150. The second-order valence-corrected chi connectivity index (χ2v) is 5.53. The third-order valence-corrected chi connectivity index (χ3v) is 3.58. The normalized spacial score (nSPS) is 21.3. The van der Waals surface area contributed by atoms with E-state index in [1.807, 2.05) is 0 Å². The molecule has 5 nitrogen and oxygen atoms in total. The van der Waals surface area contributed by atoms with Crippen LogP contribution in [0.5, 0.6) is 0 Å². The molecule has 0 aliphatic carbocycles. The predicted octanol–water partition coefficient (Wildman–Crippen LogP) is 0.839. The van der Waals surface area contributed by atoms with Gasteiger partial charge in [0.15, 0.2) is 0 Å². The lowest BCUT2D eigenvalue weighted by Gasteiger charge is -2.36. The monoisotopic (exact) mass is 246 g/mol. The zero-order chi connectivity index (χ0) is 11.1. The van der Waals surface area contributed by atoms with Crippen LogP contribution in [0, 0.1) is 0 Å². The highest BCUT2D eigenvalue weighted by atomic mass is 35.7. The number of hydrogen-bond acceptors (Lipinski definition) is 4. The van der Waals surface area contributed by atoms with Crippen LogP contribution in [-0.2, 0) is 14.0 Å². The topological polar surface area (TPSA) is 67.3 Å². The van der Waals surface area contributed by atoms with Crippen molar-refractivity contribution in [2.24, 2.45) is 0 Å². The first-order valence-corrected chi connectivity index (χ1v) is 6.43. The van der Waals surface area contributed by atoms with E-state index in [1.54, 1.807) is 18.3 Å². The van der Waals surface area contributed by atoms with Crippen LogP contribution in [0.1, 0.15) is 18.0 Å². The maximum Gasteiger partial charge on any atom is 0.324 e. The van der Waals surface area contributed by atoms with Gasteiger partial charge in [0, 0.05) is 23.1 Å². The first-order valence-electron chi connectivity index (χ1n) is 4.17. The Kier molecular flexibility index (Phi) is 2.40. The number of carbonyl (C=O) groups excluding carboxylic acids is 1. The molecule has 1 fully saturated rings. The Bertz CT molecular complexity index is 488. The van der Waals surface area contributed by atoms with Crippen molar-refractivity contribution in [3.8, 4) is 0 Å². The number of rotatable bonds is 2. The fourth-order valence-electron chi connectivity index (χ4n) is 1.50. The number of β-lactam (4-membered cyclic amide) rings is 1. The van der Waals surface area contributed by atoms with Crippen molar-refractivity contribution in [2.45, 2.75) is 12.5 Å². The van der Waals surface area contributed by atoms with E-state index in [-0.39, 0.29) is 6.42 Å². The first-order chi connectivity index (χ1) is 7.00. The second-order valence-electron chi connectivity index (χ2n) is 3.14. The highest BCUT2D eigenvalue weighted by molar-refractivity contribution is 8.12. The summed E-state index contributed by atoms with van der Waals surface area (Å²) in [4.78, 5) is 15.0. The highest BCUT2D eigenvalue weighted by Gasteiger charge is 2.44. The summed E-state index contributed by atoms with van der Waals surface area (Å²) in [5.41, 5.74) is 0.668. The lowest BCUT2D eigenvalue weighted by Crippen LogP contribution is -2.47. The molecule has 1 aromatic heterocycles. The molecule has 1 atom stereocenters. The minimum atomic E-state index is -3.98. The molecule has 15 heavy (non-hydrogen) atoms. The molecule has 0 radical (unpaired) electrons. The summed E-state index contributed by atoms with van der Waals surface area (Å²) in [6.07, 6.45) is 3.24. The molecule has 1 aliphatic heterocycles. The van der Waals surface area contributed by atoms with Gasteiger partial charge in [-0.3, -0.25) is 9.78 Å². The standard InChI is InChI=1S/C8H7ClN2O3S/c9-15(13,14)11-7(4-8(11)12)6-2-1-3-10-5-6/h1-3,5,7H,4H2. The lowest BCUT2D eigenvalue weighted by molar-refractivity contribution is -0.137. The summed E-state index contributed by atoms with van der Waals surface area (Å²) >= 11 is 0. The Balaban J connectivity index is 2.31. The van der Waals surface area contributed by atoms with Crippen LogP contribution in [0.15, 0.2) is 24.5 Å². The van der Waals surface area contributed by atoms with Crippen molar-refractivity contribution in [1.82, 2.24) is 9.29 Å². The van der Waals surface area contributed by atoms with Gasteiger partial charge < -0.3 is 0 Å². The fourth-order valence-corrected chi connectivity index (χ4v) is 2.84. The minimum Gasteiger partial charge on any atom is -0.274 e. The van der Waals surface area contributed by atoms with Gasteiger partial charge in [-0.2, -0.15) is 8.42 Å². The summed E-state index contributed by atoms with van der Waals surface area (Å²) in [5.74, 6) is -0.487. The largest absolute Gasteiger partial charge is 0.324 e. The van der Waals surface area contributed by atoms with Gasteiger partial charge in [0.1, 0.15) is 0 Å². The quantitative estimate of drug-likeness (QED) is 0.573. The van der Waals surface area contributed by atoms with Gasteiger partial charge >= 0.3 is 9.24 Å². The number of hydrogen-bond donors (Lipinski definition) is 0. The molecule has 1 amide bonds. The van der Waals surface area contributed by atoms with Gasteiger partial charge in [-0.25, -0.2) is 4.31 Å². The van der Waals surface area contributed by atoms with Crippen molar-refractivity contribution < 1.29 is 13.2 Å². The molecule has 1 aromatic rings. The average molecular weight is 247 g/mol. The summed E-state index contributed by atoms with van der Waals surface area (Å²) in [6, 6.07) is 2.88. The lowest BCUT2D eigenvalue weighted by atomic mass is 9.99. The number of pyridine rings is 1. The van der Waals surface area contributed by atoms with E-state index in [2.05, 4.69) is 4.98 Å². The molecule has 0 aromatic carbocycles. The Hall–Kier alpha value is -1.14. The van der Waals surface area contributed by atoms with E-state index < -0.39 is 21.2 Å². The molecule has 0 N–H and O–H groups in total. The Morgan fingerprint density at radius 2 is 2.27 bits per heavy atom. The summed E-state index contributed by atoms with van der Waals surface area (Å²) < 4.78 is 22.8. The molecular formula is C8H7ClN2O3S. The Labute approximate surface area is 91.2 Å². The molecule has 1 saturated heterocycles. The van der Waals surface area contributed by atoms with Crippen LogP contribution in [0.3, 0.4) is 0 Å². The number of amides is 1. The first kappa shape index (κ1) is 10.4. The van der Waals surface area contributed by atoms with Crippen molar-refractivity contribution in [3.05, 3.63) is 30.1 Å². The van der Waals surface area contributed by atoms with Crippen LogP contribution < -0.4 is 0 Å². The van der Waals surface area contributed by atoms with E-state index in [0.717, 1.165) is 0 Å². The summed E-state index contributed by atoms with van der Waals surface area (Å²) in [7, 11) is 1.15. The average Bonchev–Trinajstić information content (AvgIpc) is 2.12. The fraction of sp³-hybridized carbons (Fsp3) is 0.250. The van der Waals surface area contributed by atoms with Crippen molar-refractivity contribution in [3.63, 3.8) is 0 Å². The number of carbonyl (C=O) groups is 1. The third-order valence-electron chi connectivity index (χ3n) is 2.20. The van der Waals surface area contributed by atoms with Crippen molar-refractivity contribution in [2.75, 3.05) is 0 Å². The molecular weight excluding hydrogens is 240 g/mol. The number of aromatic nitrogens is 1. The molecule has 7 heteroatoms. The molecule has 2 rings (SSSR count). The Morgan fingerprint density at radius 3 is 2.73 bits per heavy atom. The summed E-state index contributed by atoms with van der Waals surface area (Å²) in [6.45, 7) is 0. The zero-order valence-corrected chi connectivity index (χ0v) is 9.07. The van der Waals surface area contributed by atoms with Crippen molar-refractivity contribution >= 4 is 25.8 Å². The van der Waals surface area contributed by atoms with Crippen LogP contribution in [0.4, 0.5) is 0 Å². The van der Waals surface area contributed by atoms with E-state index in [0.29, 0.717) is 9.87 Å². The molecule has 0 bridgehead atoms.